The first-order valence-electron chi connectivity index (χ1n) is 3.86. The third-order valence-corrected chi connectivity index (χ3v) is 2.00. The van der Waals surface area contributed by atoms with E-state index in [1.54, 1.807) is 0 Å². The van der Waals surface area contributed by atoms with Crippen molar-refractivity contribution in [3.63, 3.8) is 0 Å². The van der Waals surface area contributed by atoms with Crippen LogP contribution in [0.15, 0.2) is 0 Å². The summed E-state index contributed by atoms with van der Waals surface area (Å²) in [5.74, 6) is 0. The Morgan fingerprint density at radius 2 is 1.85 bits per heavy atom. The summed E-state index contributed by atoms with van der Waals surface area (Å²) in [6.07, 6.45) is -5.87. The first-order valence-corrected chi connectivity index (χ1v) is 3.86. The van der Waals surface area contributed by atoms with Gasteiger partial charge < -0.3 is 24.8 Å². The van der Waals surface area contributed by atoms with Gasteiger partial charge in [0, 0.05) is 0 Å². The van der Waals surface area contributed by atoms with Gasteiger partial charge in [-0.25, -0.2) is 0 Å². The minimum Gasteiger partial charge on any atom is -0.435 e. The molecule has 0 bridgehead atoms. The van der Waals surface area contributed by atoms with Crippen LogP contribution in [0.2, 0.25) is 0 Å². The highest BCUT2D eigenvalue weighted by atomic mass is 16.7. The largest absolute Gasteiger partial charge is 0.435 e. The molecule has 1 heterocycles. The Morgan fingerprint density at radius 3 is 2.38 bits per heavy atom. The van der Waals surface area contributed by atoms with Gasteiger partial charge in [0.1, 0.15) is 18.3 Å². The van der Waals surface area contributed by atoms with E-state index < -0.39 is 30.7 Å². The van der Waals surface area contributed by atoms with E-state index in [-0.39, 0.29) is 6.47 Å². The smallest absolute Gasteiger partial charge is 0.295 e. The molecule has 1 aliphatic rings. The predicted octanol–water partition coefficient (Wildman–Crippen LogP) is -2.01. The molecular formula is C7H12O6. The second-order valence-electron chi connectivity index (χ2n) is 2.91. The summed E-state index contributed by atoms with van der Waals surface area (Å²) in [6.45, 7) is 1.62. The highest BCUT2D eigenvalue weighted by Gasteiger charge is 2.42. The topological polar surface area (TPSA) is 96.2 Å². The van der Waals surface area contributed by atoms with Crippen LogP contribution in [0.1, 0.15) is 6.92 Å². The number of carbonyl (C=O) groups excluding carboxylic acids is 1. The first kappa shape index (κ1) is 10.4. The molecule has 0 aromatic carbocycles. The molecule has 1 fully saturated rings. The van der Waals surface area contributed by atoms with Crippen molar-refractivity contribution < 1.29 is 29.6 Å². The molecule has 13 heavy (non-hydrogen) atoms. The minimum absolute atomic E-state index is 0.116. The Hall–Kier alpha value is -0.690. The second-order valence-corrected chi connectivity index (χ2v) is 2.91. The third kappa shape index (κ3) is 1.97. The molecule has 0 radical (unpaired) electrons. The van der Waals surface area contributed by atoms with Crippen molar-refractivity contribution >= 4 is 6.47 Å². The maximum atomic E-state index is 9.96. The molecule has 0 amide bonds. The van der Waals surface area contributed by atoms with Crippen molar-refractivity contribution in [2.75, 3.05) is 0 Å². The molecule has 0 aromatic heterocycles. The van der Waals surface area contributed by atoms with Crippen LogP contribution in [0.4, 0.5) is 0 Å². The molecule has 0 aromatic rings. The van der Waals surface area contributed by atoms with E-state index in [2.05, 4.69) is 4.74 Å². The van der Waals surface area contributed by atoms with Crippen molar-refractivity contribution in [1.29, 1.82) is 0 Å². The van der Waals surface area contributed by atoms with Gasteiger partial charge >= 0.3 is 0 Å². The number of rotatable bonds is 2. The zero-order valence-corrected chi connectivity index (χ0v) is 7.03. The third-order valence-electron chi connectivity index (χ3n) is 2.00. The van der Waals surface area contributed by atoms with Crippen molar-refractivity contribution in [2.45, 2.75) is 37.6 Å². The van der Waals surface area contributed by atoms with Crippen LogP contribution in [0.3, 0.4) is 0 Å². The molecule has 2 unspecified atom stereocenters. The Balaban J connectivity index is 2.64. The van der Waals surface area contributed by atoms with Gasteiger partial charge in [-0.05, 0) is 6.92 Å². The van der Waals surface area contributed by atoms with Crippen LogP contribution in [-0.4, -0.2) is 52.5 Å². The number of hydrogen-bond donors (Lipinski definition) is 3. The van der Waals surface area contributed by atoms with Crippen LogP contribution in [0.25, 0.3) is 0 Å². The molecule has 5 atom stereocenters. The fraction of sp³-hybridized carbons (Fsp3) is 0.857. The fourth-order valence-electron chi connectivity index (χ4n) is 1.18. The summed E-state index contributed by atoms with van der Waals surface area (Å²) >= 11 is 0. The van der Waals surface area contributed by atoms with E-state index >= 15 is 0 Å². The Labute approximate surface area is 74.7 Å². The normalized spacial score (nSPS) is 45.7. The van der Waals surface area contributed by atoms with E-state index in [1.165, 1.54) is 6.92 Å². The summed E-state index contributed by atoms with van der Waals surface area (Å²) in [7, 11) is 0. The molecule has 1 aliphatic heterocycles. The quantitative estimate of drug-likeness (QED) is 0.437. The summed E-state index contributed by atoms with van der Waals surface area (Å²) in [5, 5.41) is 27.7. The van der Waals surface area contributed by atoms with Gasteiger partial charge in [0.15, 0.2) is 0 Å². The van der Waals surface area contributed by atoms with E-state index in [4.69, 9.17) is 4.74 Å². The van der Waals surface area contributed by atoms with Gasteiger partial charge in [-0.15, -0.1) is 0 Å². The van der Waals surface area contributed by atoms with Crippen molar-refractivity contribution in [2.24, 2.45) is 0 Å². The highest BCUT2D eigenvalue weighted by Crippen LogP contribution is 2.20. The van der Waals surface area contributed by atoms with Gasteiger partial charge in [0.2, 0.25) is 6.29 Å². The van der Waals surface area contributed by atoms with Gasteiger partial charge in [-0.3, -0.25) is 4.79 Å². The van der Waals surface area contributed by atoms with E-state index in [9.17, 15) is 20.1 Å². The summed E-state index contributed by atoms with van der Waals surface area (Å²) in [6, 6.07) is 0. The van der Waals surface area contributed by atoms with E-state index in [1.807, 2.05) is 0 Å². The number of ether oxygens (including phenoxy) is 2. The molecule has 6 heteroatoms. The number of aliphatic hydroxyl groups excluding tert-OH is 3. The van der Waals surface area contributed by atoms with Crippen molar-refractivity contribution in [1.82, 2.24) is 0 Å². The zero-order valence-electron chi connectivity index (χ0n) is 7.03. The summed E-state index contributed by atoms with van der Waals surface area (Å²) in [4.78, 5) is 9.96. The van der Waals surface area contributed by atoms with Crippen LogP contribution < -0.4 is 0 Å². The van der Waals surface area contributed by atoms with Crippen molar-refractivity contribution in [3.8, 4) is 0 Å². The van der Waals surface area contributed by atoms with Crippen LogP contribution in [-0.2, 0) is 14.3 Å². The van der Waals surface area contributed by atoms with Gasteiger partial charge in [0.25, 0.3) is 6.47 Å². The zero-order chi connectivity index (χ0) is 10.0. The van der Waals surface area contributed by atoms with Crippen molar-refractivity contribution in [3.05, 3.63) is 0 Å². The molecule has 3 N–H and O–H groups in total. The molecule has 0 aliphatic carbocycles. The minimum atomic E-state index is -1.42. The van der Waals surface area contributed by atoms with E-state index in [0.29, 0.717) is 0 Å². The average molecular weight is 192 g/mol. The average Bonchev–Trinajstić information content (AvgIpc) is 2.11. The lowest BCUT2D eigenvalue weighted by Gasteiger charge is -2.37. The fourth-order valence-corrected chi connectivity index (χ4v) is 1.18. The molecule has 6 nitrogen and oxygen atoms in total. The molecule has 0 saturated carbocycles. The Kier molecular flexibility index (Phi) is 3.21. The number of hydrogen-bond acceptors (Lipinski definition) is 6. The van der Waals surface area contributed by atoms with Crippen LogP contribution in [0, 0.1) is 0 Å². The lowest BCUT2D eigenvalue weighted by Crippen LogP contribution is -2.57. The highest BCUT2D eigenvalue weighted by molar-refractivity contribution is 5.37. The first-order chi connectivity index (χ1) is 6.07. The maximum absolute atomic E-state index is 9.96. The SMILES string of the molecule is C[C@@H]1OC(OC=O)[C@@H](O)[C@H](O)C1O. The number of aliphatic hydroxyl groups is 3. The molecule has 0 spiro atoms. The Bertz CT molecular complexity index is 184. The maximum Gasteiger partial charge on any atom is 0.295 e. The van der Waals surface area contributed by atoms with Crippen LogP contribution in [0.5, 0.6) is 0 Å². The lowest BCUT2D eigenvalue weighted by atomic mass is 10.0. The number of carbonyl (C=O) groups is 1. The van der Waals surface area contributed by atoms with Gasteiger partial charge in [-0.2, -0.15) is 0 Å². The Morgan fingerprint density at radius 1 is 1.23 bits per heavy atom. The van der Waals surface area contributed by atoms with Gasteiger partial charge in [0.05, 0.1) is 6.10 Å². The van der Waals surface area contributed by atoms with Crippen LogP contribution >= 0.6 is 0 Å². The lowest BCUT2D eigenvalue weighted by molar-refractivity contribution is -0.280. The standard InChI is InChI=1S/C7H12O6/c1-3-4(9)5(10)6(11)7(13-3)12-2-8/h2-7,9-11H,1H3/t3-,4?,5+,6-,7?/m0/s1. The molecule has 1 rings (SSSR count). The summed E-state index contributed by atoms with van der Waals surface area (Å²) < 4.78 is 9.27. The van der Waals surface area contributed by atoms with E-state index in [0.717, 1.165) is 0 Å². The summed E-state index contributed by atoms with van der Waals surface area (Å²) in [5.41, 5.74) is 0. The molecular weight excluding hydrogens is 180 g/mol. The predicted molar refractivity (Wildman–Crippen MR) is 39.5 cm³/mol. The van der Waals surface area contributed by atoms with Gasteiger partial charge in [-0.1, -0.05) is 0 Å². The molecule has 1 saturated heterocycles. The monoisotopic (exact) mass is 192 g/mol. The molecule has 76 valence electrons. The second kappa shape index (κ2) is 4.01.